The van der Waals surface area contributed by atoms with Crippen molar-refractivity contribution >= 4 is 11.7 Å². The van der Waals surface area contributed by atoms with Gasteiger partial charge in [0, 0.05) is 24.4 Å². The van der Waals surface area contributed by atoms with Crippen LogP contribution in [0.15, 0.2) is 30.3 Å². The van der Waals surface area contributed by atoms with E-state index in [2.05, 4.69) is 22.4 Å². The Morgan fingerprint density at radius 3 is 2.62 bits per heavy atom. The van der Waals surface area contributed by atoms with Crippen LogP contribution < -0.4 is 14.8 Å². The van der Waals surface area contributed by atoms with E-state index in [4.69, 9.17) is 9.47 Å². The van der Waals surface area contributed by atoms with Gasteiger partial charge >= 0.3 is 6.03 Å². The number of amides is 2. The molecule has 2 aromatic rings. The molecule has 0 radical (unpaired) electrons. The van der Waals surface area contributed by atoms with Crippen LogP contribution in [0.4, 0.5) is 10.5 Å². The van der Waals surface area contributed by atoms with E-state index in [1.807, 2.05) is 25.1 Å². The van der Waals surface area contributed by atoms with Crippen LogP contribution in [0, 0.1) is 13.8 Å². The maximum absolute atomic E-state index is 12.6. The van der Waals surface area contributed by atoms with Gasteiger partial charge in [-0.3, -0.25) is 0 Å². The molecule has 1 aromatic carbocycles. The zero-order chi connectivity index (χ0) is 18.5. The van der Waals surface area contributed by atoms with Crippen molar-refractivity contribution in [3.63, 3.8) is 0 Å². The standard InChI is InChI=1S/C19H24N4O3/c1-13-6-7-15(11-14(13)2)20-19(24)23-10-4-5-16(12-23)26-18-9-8-17(25-3)21-22-18/h6-9,11,16H,4-5,10,12H2,1-3H3,(H,20,24). The van der Waals surface area contributed by atoms with Gasteiger partial charge in [-0.2, -0.15) is 0 Å². The third-order valence-corrected chi connectivity index (χ3v) is 4.54. The van der Waals surface area contributed by atoms with E-state index in [-0.39, 0.29) is 12.1 Å². The number of carbonyl (C=O) groups is 1. The van der Waals surface area contributed by atoms with E-state index in [1.165, 1.54) is 12.7 Å². The van der Waals surface area contributed by atoms with Gasteiger partial charge < -0.3 is 19.7 Å². The molecule has 1 aromatic heterocycles. The lowest BCUT2D eigenvalue weighted by Crippen LogP contribution is -2.46. The second-order valence-corrected chi connectivity index (χ2v) is 6.47. The third kappa shape index (κ3) is 4.41. The number of aromatic nitrogens is 2. The van der Waals surface area contributed by atoms with E-state index >= 15 is 0 Å². The molecule has 0 saturated carbocycles. The van der Waals surface area contributed by atoms with Gasteiger partial charge in [0.05, 0.1) is 13.7 Å². The predicted octanol–water partition coefficient (Wildman–Crippen LogP) is 3.18. The smallest absolute Gasteiger partial charge is 0.321 e. The Morgan fingerprint density at radius 2 is 1.92 bits per heavy atom. The summed E-state index contributed by atoms with van der Waals surface area (Å²) < 4.78 is 10.9. The zero-order valence-electron chi connectivity index (χ0n) is 15.4. The Labute approximate surface area is 153 Å². The van der Waals surface area contributed by atoms with Crippen LogP contribution in [0.5, 0.6) is 11.8 Å². The first-order valence-electron chi connectivity index (χ1n) is 8.72. The molecule has 2 heterocycles. The highest BCUT2D eigenvalue weighted by molar-refractivity contribution is 5.89. The summed E-state index contributed by atoms with van der Waals surface area (Å²) in [6.45, 7) is 5.32. The van der Waals surface area contributed by atoms with Gasteiger partial charge in [0.15, 0.2) is 0 Å². The molecule has 0 spiro atoms. The molecule has 7 heteroatoms. The number of aryl methyl sites for hydroxylation is 2. The number of rotatable bonds is 4. The molecule has 1 N–H and O–H groups in total. The maximum atomic E-state index is 12.6. The van der Waals surface area contributed by atoms with Crippen LogP contribution in [-0.2, 0) is 0 Å². The van der Waals surface area contributed by atoms with Crippen LogP contribution in [-0.4, -0.2) is 47.4 Å². The minimum atomic E-state index is -0.109. The number of likely N-dealkylation sites (tertiary alicyclic amines) is 1. The van der Waals surface area contributed by atoms with Crippen LogP contribution >= 0.6 is 0 Å². The summed E-state index contributed by atoms with van der Waals surface area (Å²) in [6.07, 6.45) is 1.66. The lowest BCUT2D eigenvalue weighted by atomic mass is 10.1. The van der Waals surface area contributed by atoms with Gasteiger partial charge in [0.2, 0.25) is 11.8 Å². The monoisotopic (exact) mass is 356 g/mol. The van der Waals surface area contributed by atoms with E-state index in [0.29, 0.717) is 24.8 Å². The number of hydrogen-bond acceptors (Lipinski definition) is 5. The van der Waals surface area contributed by atoms with Gasteiger partial charge in [0.25, 0.3) is 0 Å². The summed E-state index contributed by atoms with van der Waals surface area (Å²) >= 11 is 0. The number of methoxy groups -OCH3 is 1. The number of anilines is 1. The fraction of sp³-hybridized carbons (Fsp3) is 0.421. The van der Waals surface area contributed by atoms with Gasteiger partial charge in [-0.1, -0.05) is 6.07 Å². The topological polar surface area (TPSA) is 76.6 Å². The van der Waals surface area contributed by atoms with Crippen molar-refractivity contribution in [2.45, 2.75) is 32.8 Å². The average Bonchev–Trinajstić information content (AvgIpc) is 2.65. The Hall–Kier alpha value is -2.83. The van der Waals surface area contributed by atoms with Crippen LogP contribution in [0.1, 0.15) is 24.0 Å². The molecule has 7 nitrogen and oxygen atoms in total. The highest BCUT2D eigenvalue weighted by Gasteiger charge is 2.25. The Morgan fingerprint density at radius 1 is 1.15 bits per heavy atom. The highest BCUT2D eigenvalue weighted by atomic mass is 16.5. The summed E-state index contributed by atoms with van der Waals surface area (Å²) in [6, 6.07) is 9.23. The number of nitrogens with zero attached hydrogens (tertiary/aromatic N) is 3. The third-order valence-electron chi connectivity index (χ3n) is 4.54. The molecule has 0 bridgehead atoms. The number of benzene rings is 1. The molecular weight excluding hydrogens is 332 g/mol. The molecule has 1 aliphatic rings. The van der Waals surface area contributed by atoms with Crippen molar-refractivity contribution in [1.29, 1.82) is 0 Å². The van der Waals surface area contributed by atoms with Crippen LogP contribution in [0.2, 0.25) is 0 Å². The molecule has 138 valence electrons. The number of carbonyl (C=O) groups excluding carboxylic acids is 1. The minimum Gasteiger partial charge on any atom is -0.480 e. The van der Waals surface area contributed by atoms with E-state index < -0.39 is 0 Å². The Balaban J connectivity index is 1.58. The summed E-state index contributed by atoms with van der Waals surface area (Å²) in [4.78, 5) is 14.3. The second-order valence-electron chi connectivity index (χ2n) is 6.47. The van der Waals surface area contributed by atoms with Crippen molar-refractivity contribution in [2.75, 3.05) is 25.5 Å². The molecule has 1 saturated heterocycles. The van der Waals surface area contributed by atoms with Crippen molar-refractivity contribution < 1.29 is 14.3 Å². The fourth-order valence-electron chi connectivity index (χ4n) is 2.89. The summed E-state index contributed by atoms with van der Waals surface area (Å²) in [7, 11) is 1.54. The number of piperidine rings is 1. The Bertz CT molecular complexity index is 764. The summed E-state index contributed by atoms with van der Waals surface area (Å²) in [5, 5.41) is 10.8. The van der Waals surface area contributed by atoms with Crippen molar-refractivity contribution in [3.05, 3.63) is 41.5 Å². The maximum Gasteiger partial charge on any atom is 0.321 e. The first kappa shape index (κ1) is 18.0. The lowest BCUT2D eigenvalue weighted by molar-refractivity contribution is 0.101. The predicted molar refractivity (Wildman–Crippen MR) is 98.7 cm³/mol. The number of hydrogen-bond donors (Lipinski definition) is 1. The van der Waals surface area contributed by atoms with E-state index in [9.17, 15) is 4.79 Å². The molecule has 2 amide bonds. The average molecular weight is 356 g/mol. The van der Waals surface area contributed by atoms with Crippen molar-refractivity contribution in [1.82, 2.24) is 15.1 Å². The molecule has 1 atom stereocenters. The molecule has 0 aliphatic carbocycles. The first-order valence-corrected chi connectivity index (χ1v) is 8.72. The molecule has 1 fully saturated rings. The summed E-state index contributed by atoms with van der Waals surface area (Å²) in [5.41, 5.74) is 3.16. The molecule has 26 heavy (non-hydrogen) atoms. The van der Waals surface area contributed by atoms with Gasteiger partial charge in [-0.05, 0) is 49.9 Å². The molecule has 3 rings (SSSR count). The summed E-state index contributed by atoms with van der Waals surface area (Å²) in [5.74, 6) is 0.877. The number of nitrogens with one attached hydrogen (secondary N) is 1. The zero-order valence-corrected chi connectivity index (χ0v) is 15.4. The fourth-order valence-corrected chi connectivity index (χ4v) is 2.89. The van der Waals surface area contributed by atoms with Gasteiger partial charge in [-0.15, -0.1) is 10.2 Å². The largest absolute Gasteiger partial charge is 0.480 e. The quantitative estimate of drug-likeness (QED) is 0.910. The second kappa shape index (κ2) is 8.03. The highest BCUT2D eigenvalue weighted by Crippen LogP contribution is 2.19. The van der Waals surface area contributed by atoms with E-state index in [0.717, 1.165) is 24.1 Å². The van der Waals surface area contributed by atoms with Crippen LogP contribution in [0.3, 0.4) is 0 Å². The normalized spacial score (nSPS) is 16.9. The SMILES string of the molecule is COc1ccc(OC2CCCN(C(=O)Nc3ccc(C)c(C)c3)C2)nn1. The van der Waals surface area contributed by atoms with Crippen molar-refractivity contribution in [3.8, 4) is 11.8 Å². The van der Waals surface area contributed by atoms with Crippen LogP contribution in [0.25, 0.3) is 0 Å². The number of urea groups is 1. The molecule has 1 aliphatic heterocycles. The first-order chi connectivity index (χ1) is 12.5. The minimum absolute atomic E-state index is 0.100. The Kier molecular flexibility index (Phi) is 5.55. The van der Waals surface area contributed by atoms with Gasteiger partial charge in [-0.25, -0.2) is 4.79 Å². The lowest BCUT2D eigenvalue weighted by Gasteiger charge is -2.32. The number of ether oxygens (including phenoxy) is 2. The molecule has 1 unspecified atom stereocenters. The van der Waals surface area contributed by atoms with Gasteiger partial charge in [0.1, 0.15) is 6.10 Å². The van der Waals surface area contributed by atoms with E-state index in [1.54, 1.807) is 17.0 Å². The molecular formula is C19H24N4O3. The van der Waals surface area contributed by atoms with Crippen molar-refractivity contribution in [2.24, 2.45) is 0 Å².